The minimum absolute atomic E-state index is 0.211. The smallest absolute Gasteiger partial charge is 0.220 e. The molecule has 0 aliphatic carbocycles. The van der Waals surface area contributed by atoms with Crippen LogP contribution in [0.5, 0.6) is 0 Å². The van der Waals surface area contributed by atoms with E-state index in [0.29, 0.717) is 12.5 Å². The lowest BCUT2D eigenvalue weighted by Gasteiger charge is -2.33. The number of carbonyl (C=O) groups excluding carboxylic acids is 1. The minimum atomic E-state index is 0.211. The van der Waals surface area contributed by atoms with Gasteiger partial charge in [-0.1, -0.05) is 46.3 Å². The van der Waals surface area contributed by atoms with Gasteiger partial charge in [0, 0.05) is 30.9 Å². The summed E-state index contributed by atoms with van der Waals surface area (Å²) in [6, 6.07) is 10.9. The summed E-state index contributed by atoms with van der Waals surface area (Å²) < 4.78 is 0. The van der Waals surface area contributed by atoms with E-state index in [1.165, 1.54) is 12.0 Å². The van der Waals surface area contributed by atoms with Crippen molar-refractivity contribution in [1.82, 2.24) is 10.2 Å². The summed E-state index contributed by atoms with van der Waals surface area (Å²) in [5, 5.41) is 4.18. The molecule has 1 aromatic carbocycles. The molecule has 0 saturated carbocycles. The van der Waals surface area contributed by atoms with E-state index in [2.05, 4.69) is 56.5 Å². The van der Waals surface area contributed by atoms with E-state index in [0.717, 1.165) is 44.2 Å². The van der Waals surface area contributed by atoms with Gasteiger partial charge in [0.25, 0.3) is 0 Å². The maximum absolute atomic E-state index is 11.9. The number of halogens is 1. The Morgan fingerprint density at radius 1 is 1.29 bits per heavy atom. The molecule has 1 aliphatic heterocycles. The monoisotopic (exact) mass is 352 g/mol. The first-order valence-corrected chi connectivity index (χ1v) is 9.01. The Balaban J connectivity index is 1.74. The number of carbonyl (C=O) groups is 1. The fourth-order valence-corrected chi connectivity index (χ4v) is 3.23. The quantitative estimate of drug-likeness (QED) is 0.602. The molecule has 0 spiro atoms. The maximum Gasteiger partial charge on any atom is 0.220 e. The molecule has 1 saturated heterocycles. The van der Waals surface area contributed by atoms with Gasteiger partial charge in [0.1, 0.15) is 0 Å². The highest BCUT2D eigenvalue weighted by molar-refractivity contribution is 9.09. The normalized spacial score (nSPS) is 19.4. The van der Waals surface area contributed by atoms with Crippen LogP contribution in [0.1, 0.15) is 37.7 Å². The molecule has 3 nitrogen and oxygen atoms in total. The van der Waals surface area contributed by atoms with Crippen molar-refractivity contribution in [2.75, 3.05) is 18.4 Å². The summed E-state index contributed by atoms with van der Waals surface area (Å²) in [5.74, 6) is 0.211. The van der Waals surface area contributed by atoms with Crippen molar-refractivity contribution in [3.63, 3.8) is 0 Å². The summed E-state index contributed by atoms with van der Waals surface area (Å²) in [5.41, 5.74) is 1.35. The van der Waals surface area contributed by atoms with Crippen LogP contribution in [-0.2, 0) is 11.3 Å². The molecule has 0 bridgehead atoms. The largest absolute Gasteiger partial charge is 0.352 e. The number of hydrogen-bond acceptors (Lipinski definition) is 2. The first-order chi connectivity index (χ1) is 10.3. The molecule has 2 rings (SSSR count). The lowest BCUT2D eigenvalue weighted by molar-refractivity contribution is -0.122. The van der Waals surface area contributed by atoms with Crippen LogP contribution in [0.25, 0.3) is 0 Å². The minimum Gasteiger partial charge on any atom is -0.352 e. The van der Waals surface area contributed by atoms with Gasteiger partial charge in [0.05, 0.1) is 0 Å². The van der Waals surface area contributed by atoms with E-state index < -0.39 is 0 Å². The zero-order valence-corrected chi connectivity index (χ0v) is 14.1. The van der Waals surface area contributed by atoms with Crippen LogP contribution in [-0.4, -0.2) is 35.3 Å². The van der Waals surface area contributed by atoms with Crippen LogP contribution >= 0.6 is 15.9 Å². The lowest BCUT2D eigenvalue weighted by atomic mass is 10.0. The van der Waals surface area contributed by atoms with Gasteiger partial charge in [-0.25, -0.2) is 0 Å². The van der Waals surface area contributed by atoms with Gasteiger partial charge in [-0.3, -0.25) is 9.69 Å². The van der Waals surface area contributed by atoms with E-state index >= 15 is 0 Å². The van der Waals surface area contributed by atoms with Gasteiger partial charge >= 0.3 is 0 Å². The average Bonchev–Trinajstić information content (AvgIpc) is 2.49. The highest BCUT2D eigenvalue weighted by Gasteiger charge is 2.21. The predicted molar refractivity (Wildman–Crippen MR) is 90.5 cm³/mol. The number of nitrogens with zero attached hydrogens (tertiary/aromatic N) is 1. The van der Waals surface area contributed by atoms with E-state index in [4.69, 9.17) is 0 Å². The molecule has 1 heterocycles. The predicted octanol–water partition coefficient (Wildman–Crippen LogP) is 3.33. The van der Waals surface area contributed by atoms with E-state index in [1.54, 1.807) is 0 Å². The Morgan fingerprint density at radius 2 is 2.10 bits per heavy atom. The molecule has 1 amide bonds. The Bertz CT molecular complexity index is 424. The van der Waals surface area contributed by atoms with Crippen LogP contribution in [0.2, 0.25) is 0 Å². The molecule has 0 radical (unpaired) electrons. The summed E-state index contributed by atoms with van der Waals surface area (Å²) >= 11 is 3.40. The molecule has 1 aromatic rings. The van der Waals surface area contributed by atoms with Crippen molar-refractivity contribution in [2.24, 2.45) is 0 Å². The van der Waals surface area contributed by atoms with Crippen molar-refractivity contribution >= 4 is 21.8 Å². The number of piperidine rings is 1. The third kappa shape index (κ3) is 6.18. The number of likely N-dealkylation sites (tertiary alicyclic amines) is 1. The maximum atomic E-state index is 11.9. The molecule has 1 unspecified atom stereocenters. The number of unbranched alkanes of at least 4 members (excludes halogenated alkanes) is 1. The van der Waals surface area contributed by atoms with Crippen molar-refractivity contribution < 1.29 is 4.79 Å². The van der Waals surface area contributed by atoms with Crippen LogP contribution in [0.4, 0.5) is 0 Å². The summed E-state index contributed by atoms with van der Waals surface area (Å²) in [6.07, 6.45) is 4.96. The summed E-state index contributed by atoms with van der Waals surface area (Å²) in [4.78, 5) is 14.4. The number of hydrogen-bond donors (Lipinski definition) is 1. The molecule has 21 heavy (non-hydrogen) atoms. The van der Waals surface area contributed by atoms with Gasteiger partial charge in [-0.2, -0.15) is 0 Å². The van der Waals surface area contributed by atoms with Crippen molar-refractivity contribution in [3.8, 4) is 0 Å². The second-order valence-electron chi connectivity index (χ2n) is 5.77. The van der Waals surface area contributed by atoms with Crippen LogP contribution in [0.3, 0.4) is 0 Å². The first kappa shape index (κ1) is 16.5. The van der Waals surface area contributed by atoms with Crippen molar-refractivity contribution in [2.45, 2.75) is 44.7 Å². The van der Waals surface area contributed by atoms with Crippen molar-refractivity contribution in [1.29, 1.82) is 0 Å². The highest BCUT2D eigenvalue weighted by atomic mass is 79.9. The Kier molecular flexibility index (Phi) is 7.24. The van der Waals surface area contributed by atoms with E-state index in [-0.39, 0.29) is 5.91 Å². The zero-order valence-electron chi connectivity index (χ0n) is 12.6. The fraction of sp³-hybridized carbons (Fsp3) is 0.588. The van der Waals surface area contributed by atoms with Gasteiger partial charge in [-0.15, -0.1) is 0 Å². The number of rotatable bonds is 7. The van der Waals surface area contributed by atoms with Gasteiger partial charge in [-0.05, 0) is 37.8 Å². The summed E-state index contributed by atoms with van der Waals surface area (Å²) in [6.45, 7) is 3.08. The fourth-order valence-electron chi connectivity index (χ4n) is 2.84. The standard InChI is InChI=1S/C17H25BrN2O/c18-11-5-4-10-17(21)19-16-9-6-12-20(14-16)13-15-7-2-1-3-8-15/h1-3,7-8,16H,4-6,9-14H2,(H,19,21). The number of nitrogens with one attached hydrogen (secondary N) is 1. The van der Waals surface area contributed by atoms with Crippen molar-refractivity contribution in [3.05, 3.63) is 35.9 Å². The molecule has 1 fully saturated rings. The molecule has 4 heteroatoms. The first-order valence-electron chi connectivity index (χ1n) is 7.89. The van der Waals surface area contributed by atoms with Gasteiger partial charge in [0.15, 0.2) is 0 Å². The third-order valence-electron chi connectivity index (χ3n) is 3.91. The van der Waals surface area contributed by atoms with Gasteiger partial charge < -0.3 is 5.32 Å². The van der Waals surface area contributed by atoms with Crippen LogP contribution < -0.4 is 5.32 Å². The lowest BCUT2D eigenvalue weighted by Crippen LogP contribution is -2.47. The molecule has 116 valence electrons. The second kappa shape index (κ2) is 9.21. The zero-order chi connectivity index (χ0) is 14.9. The van der Waals surface area contributed by atoms with Crippen LogP contribution in [0, 0.1) is 0 Å². The SMILES string of the molecule is O=C(CCCCBr)NC1CCCN(Cc2ccccc2)C1. The Hall–Kier alpha value is -0.870. The van der Waals surface area contributed by atoms with Crippen LogP contribution in [0.15, 0.2) is 30.3 Å². The summed E-state index contributed by atoms with van der Waals surface area (Å²) in [7, 11) is 0. The molecular weight excluding hydrogens is 328 g/mol. The number of alkyl halides is 1. The number of benzene rings is 1. The van der Waals surface area contributed by atoms with E-state index in [9.17, 15) is 4.79 Å². The second-order valence-corrected chi connectivity index (χ2v) is 6.57. The topological polar surface area (TPSA) is 32.3 Å². The van der Waals surface area contributed by atoms with E-state index in [1.807, 2.05) is 0 Å². The average molecular weight is 353 g/mol. The number of amides is 1. The Labute approximate surface area is 136 Å². The Morgan fingerprint density at radius 3 is 2.86 bits per heavy atom. The molecule has 1 aliphatic rings. The molecular formula is C17H25BrN2O. The van der Waals surface area contributed by atoms with Gasteiger partial charge in [0.2, 0.25) is 5.91 Å². The highest BCUT2D eigenvalue weighted by Crippen LogP contribution is 2.14. The molecule has 1 atom stereocenters. The molecule has 1 N–H and O–H groups in total. The molecule has 0 aromatic heterocycles. The third-order valence-corrected chi connectivity index (χ3v) is 4.47.